The topological polar surface area (TPSA) is 208 Å². The molecule has 4 heterocycles. The second-order valence-electron chi connectivity index (χ2n) is 22.0. The fourth-order valence-electron chi connectivity index (χ4n) is 10.8. The van der Waals surface area contributed by atoms with Crippen molar-refractivity contribution in [1.82, 2.24) is 40.0 Å². The van der Waals surface area contributed by atoms with Crippen LogP contribution in [0.2, 0.25) is 0 Å². The van der Waals surface area contributed by atoms with Crippen molar-refractivity contribution in [1.29, 1.82) is 5.41 Å². The Hall–Kier alpha value is -7.71. The van der Waals surface area contributed by atoms with Gasteiger partial charge in [-0.15, -0.1) is 11.3 Å². The maximum atomic E-state index is 14.1. The molecule has 0 unspecified atom stereocenters. The number of fused-ring (bicyclic) bond motifs is 1. The number of hydrogen-bond donors (Lipinski definition) is 6. The van der Waals surface area contributed by atoms with Crippen molar-refractivity contribution in [3.05, 3.63) is 149 Å². The summed E-state index contributed by atoms with van der Waals surface area (Å²) in [6.07, 6.45) is 5.60. The summed E-state index contributed by atoms with van der Waals surface area (Å²) >= 11 is 1.57. The van der Waals surface area contributed by atoms with E-state index < -0.39 is 35.4 Å². The number of aromatic nitrogens is 4. The van der Waals surface area contributed by atoms with Crippen molar-refractivity contribution in [2.24, 2.45) is 5.41 Å². The molecule has 4 amide bonds. The average molecular weight is 1080 g/mol. The molecule has 1 aliphatic heterocycles. The number of carbonyl (C=O) groups is 4. The highest BCUT2D eigenvalue weighted by atomic mass is 32.1. The molecule has 2 aliphatic rings. The van der Waals surface area contributed by atoms with E-state index in [0.717, 1.165) is 85.5 Å². The number of aliphatic hydroxyl groups is 2. The zero-order valence-electron chi connectivity index (χ0n) is 45.5. The first-order chi connectivity index (χ1) is 38.1. The highest BCUT2D eigenvalue weighted by molar-refractivity contribution is 7.13. The van der Waals surface area contributed by atoms with E-state index >= 15 is 0 Å². The lowest BCUT2D eigenvalue weighted by molar-refractivity contribution is -0.144. The molecule has 410 valence electrons. The van der Waals surface area contributed by atoms with Gasteiger partial charge in [0.25, 0.3) is 0 Å². The van der Waals surface area contributed by atoms with Crippen LogP contribution < -0.4 is 21.4 Å². The van der Waals surface area contributed by atoms with E-state index in [9.17, 15) is 34.8 Å². The Bertz CT molecular complexity index is 3400. The number of nitrogens with zero attached hydrogens (tertiary/aromatic N) is 5. The molecule has 0 radical (unpaired) electrons. The van der Waals surface area contributed by atoms with Crippen LogP contribution in [0.1, 0.15) is 113 Å². The molecular weight excluding hydrogens is 1010 g/mol. The van der Waals surface area contributed by atoms with Crippen LogP contribution in [0.25, 0.3) is 43.9 Å². The SMILES string of the molecule is Cc1ncsc1-c1ccc(CNC(=O)[C@@H]2C[C@@H](O)CN2C(=O)[C@@H](NC(=O)CCC(=O)NCCCCC#Cc2cccc(Cn3c(-c4ccccc4)c(-c4ccccc4)c4c(=N)n(C5CCC(O)CC5)cnc43)c2)C(C)(C)C)cc1. The summed E-state index contributed by atoms with van der Waals surface area (Å²) in [7, 11) is 0. The number of β-amino-alcohol motifs (C(OH)–C–C–N with tert-alkyl or cyclic N) is 1. The van der Waals surface area contributed by atoms with Gasteiger partial charge in [0.2, 0.25) is 23.6 Å². The van der Waals surface area contributed by atoms with Gasteiger partial charge in [-0.25, -0.2) is 9.97 Å². The second kappa shape index (κ2) is 25.4. The highest BCUT2D eigenvalue weighted by Crippen LogP contribution is 2.40. The third-order valence-electron chi connectivity index (χ3n) is 15.0. The zero-order valence-corrected chi connectivity index (χ0v) is 46.3. The Morgan fingerprint density at radius 3 is 2.20 bits per heavy atom. The molecule has 79 heavy (non-hydrogen) atoms. The zero-order chi connectivity index (χ0) is 55.6. The first-order valence-electron chi connectivity index (χ1n) is 27.5. The summed E-state index contributed by atoms with van der Waals surface area (Å²) in [5.74, 6) is 5.06. The molecular formula is C63H71N9O6S. The molecule has 16 heteroatoms. The maximum Gasteiger partial charge on any atom is 0.246 e. The fourth-order valence-corrected chi connectivity index (χ4v) is 11.6. The number of unbranched alkanes of at least 4 members (excludes halogenated alkanes) is 2. The monoisotopic (exact) mass is 1080 g/mol. The lowest BCUT2D eigenvalue weighted by Crippen LogP contribution is -2.57. The fraction of sp³-hybridized carbons (Fsp3) is 0.381. The first kappa shape index (κ1) is 56.0. The summed E-state index contributed by atoms with van der Waals surface area (Å²) in [6, 6.07) is 34.8. The molecule has 15 nitrogen and oxygen atoms in total. The summed E-state index contributed by atoms with van der Waals surface area (Å²) in [6.45, 7) is 8.58. The Balaban J connectivity index is 0.763. The number of aryl methyl sites for hydroxylation is 1. The summed E-state index contributed by atoms with van der Waals surface area (Å²) in [5, 5.41) is 40.1. The van der Waals surface area contributed by atoms with Gasteiger partial charge < -0.3 is 40.2 Å². The van der Waals surface area contributed by atoms with E-state index in [2.05, 4.69) is 73.7 Å². The minimum Gasteiger partial charge on any atom is -0.393 e. The summed E-state index contributed by atoms with van der Waals surface area (Å²) in [4.78, 5) is 65.7. The van der Waals surface area contributed by atoms with Crippen LogP contribution in [0, 0.1) is 29.6 Å². The van der Waals surface area contributed by atoms with Crippen molar-refractivity contribution in [3.8, 4) is 44.7 Å². The summed E-state index contributed by atoms with van der Waals surface area (Å²) in [5.41, 5.74) is 11.0. The van der Waals surface area contributed by atoms with Gasteiger partial charge in [-0.3, -0.25) is 24.6 Å². The van der Waals surface area contributed by atoms with Gasteiger partial charge in [0.15, 0.2) is 0 Å². The third-order valence-corrected chi connectivity index (χ3v) is 16.0. The molecule has 7 aromatic rings. The van der Waals surface area contributed by atoms with Crippen molar-refractivity contribution in [2.45, 2.75) is 135 Å². The van der Waals surface area contributed by atoms with Crippen molar-refractivity contribution < 1.29 is 29.4 Å². The number of benzene rings is 4. The molecule has 3 aromatic heterocycles. The molecule has 2 fully saturated rings. The van der Waals surface area contributed by atoms with E-state index in [1.165, 1.54) is 4.90 Å². The number of amides is 4. The van der Waals surface area contributed by atoms with E-state index in [0.29, 0.717) is 44.3 Å². The van der Waals surface area contributed by atoms with Gasteiger partial charge in [-0.05, 0) is 90.8 Å². The summed E-state index contributed by atoms with van der Waals surface area (Å²) < 4.78 is 4.23. The van der Waals surface area contributed by atoms with Crippen LogP contribution >= 0.6 is 11.3 Å². The molecule has 1 aliphatic carbocycles. The van der Waals surface area contributed by atoms with Crippen molar-refractivity contribution in [3.63, 3.8) is 0 Å². The molecule has 3 atom stereocenters. The van der Waals surface area contributed by atoms with Crippen LogP contribution in [0.4, 0.5) is 0 Å². The Morgan fingerprint density at radius 1 is 0.797 bits per heavy atom. The number of likely N-dealkylation sites (tertiary alicyclic amines) is 1. The molecule has 1 saturated heterocycles. The minimum atomic E-state index is -0.998. The predicted octanol–water partition coefficient (Wildman–Crippen LogP) is 8.83. The average Bonchev–Trinajstić information content (AvgIpc) is 4.08. The van der Waals surface area contributed by atoms with Crippen LogP contribution in [0.15, 0.2) is 121 Å². The molecule has 4 aromatic carbocycles. The van der Waals surface area contributed by atoms with Gasteiger partial charge >= 0.3 is 0 Å². The number of thiazole rings is 1. The van der Waals surface area contributed by atoms with E-state index in [1.54, 1.807) is 11.3 Å². The van der Waals surface area contributed by atoms with Crippen molar-refractivity contribution >= 4 is 46.0 Å². The maximum absolute atomic E-state index is 14.1. The van der Waals surface area contributed by atoms with Gasteiger partial charge in [0, 0.05) is 69.0 Å². The quantitative estimate of drug-likeness (QED) is 0.0361. The molecule has 1 saturated carbocycles. The van der Waals surface area contributed by atoms with Gasteiger partial charge in [-0.1, -0.05) is 130 Å². The largest absolute Gasteiger partial charge is 0.393 e. The Morgan fingerprint density at radius 2 is 1.51 bits per heavy atom. The highest BCUT2D eigenvalue weighted by Gasteiger charge is 2.44. The van der Waals surface area contributed by atoms with E-state index in [-0.39, 0.29) is 56.3 Å². The van der Waals surface area contributed by atoms with E-state index in [1.807, 2.05) is 117 Å². The van der Waals surface area contributed by atoms with Crippen LogP contribution in [0.3, 0.4) is 0 Å². The van der Waals surface area contributed by atoms with Crippen LogP contribution in [0.5, 0.6) is 0 Å². The Labute approximate surface area is 466 Å². The van der Waals surface area contributed by atoms with Crippen LogP contribution in [-0.4, -0.2) is 95.2 Å². The van der Waals surface area contributed by atoms with Gasteiger partial charge in [0.05, 0.1) is 45.7 Å². The third kappa shape index (κ3) is 13.6. The Kier molecular flexibility index (Phi) is 18.0. The molecule has 9 rings (SSSR count). The second-order valence-corrected chi connectivity index (χ2v) is 22.8. The molecule has 6 N–H and O–H groups in total. The van der Waals surface area contributed by atoms with Crippen molar-refractivity contribution in [2.75, 3.05) is 13.1 Å². The lowest BCUT2D eigenvalue weighted by Gasteiger charge is -2.35. The molecule has 0 bridgehead atoms. The standard InChI is InChI=1S/C63H71N9O6S/c1-41-57(79-40-68-41)47-25-23-43(24-26-47)36-66-61(77)51-35-50(74)38-70(51)62(78)58(63(2,3)4)69-53(76)32-31-52(75)65-33-14-6-5-9-16-42-17-15-18-44(34-42)37-71-56(46-21-12-8-13-22-46)54(45-19-10-7-11-20-45)55-59(64)72(39-67-60(55)71)48-27-29-49(73)30-28-48/h7-8,10-13,15,17-26,34,39-40,48-51,58,64,73-74H,5-6,14,27-33,35-38H2,1-4H3,(H,65,75)(H,66,77)(H,69,76)/t48?,49?,50-,51+,58-/m1/s1. The number of nitrogens with one attached hydrogen (secondary N) is 4. The number of rotatable bonds is 18. The van der Waals surface area contributed by atoms with E-state index in [4.69, 9.17) is 4.98 Å². The number of carbonyl (C=O) groups excluding carboxylic acids is 4. The molecule has 0 spiro atoms. The lowest BCUT2D eigenvalue weighted by atomic mass is 9.85. The minimum absolute atomic E-state index is 0.0363. The van der Waals surface area contributed by atoms with Crippen LogP contribution in [-0.2, 0) is 32.3 Å². The van der Waals surface area contributed by atoms with Gasteiger partial charge in [0.1, 0.15) is 23.2 Å². The smallest absolute Gasteiger partial charge is 0.246 e. The predicted molar refractivity (Wildman–Crippen MR) is 308 cm³/mol. The number of hydrogen-bond acceptors (Lipinski definition) is 10. The normalized spacial score (nSPS) is 17.7. The number of aliphatic hydroxyl groups excluding tert-OH is 2. The van der Waals surface area contributed by atoms with Gasteiger partial charge in [-0.2, -0.15) is 0 Å². The first-order valence-corrected chi connectivity index (χ1v) is 28.4.